The zero-order valence-electron chi connectivity index (χ0n) is 12.3. The van der Waals surface area contributed by atoms with Crippen molar-refractivity contribution >= 4 is 23.4 Å². The Labute approximate surface area is 129 Å². The number of ether oxygens (including phenoxy) is 1. The van der Waals surface area contributed by atoms with Crippen LogP contribution in [0.5, 0.6) is 0 Å². The van der Waals surface area contributed by atoms with Crippen LogP contribution in [-0.2, 0) is 11.2 Å². The fourth-order valence-electron chi connectivity index (χ4n) is 2.06. The molecule has 0 aliphatic carbocycles. The molecule has 0 unspecified atom stereocenters. The Kier molecular flexibility index (Phi) is 5.28. The van der Waals surface area contributed by atoms with Crippen LogP contribution < -0.4 is 5.73 Å². The molecule has 0 saturated heterocycles. The molecule has 0 heterocycles. The van der Waals surface area contributed by atoms with Gasteiger partial charge < -0.3 is 10.5 Å². The summed E-state index contributed by atoms with van der Waals surface area (Å²) >= 11 is 1.72. The minimum Gasteiger partial charge on any atom is -0.465 e. The fourth-order valence-corrected chi connectivity index (χ4v) is 3.09. The maximum Gasteiger partial charge on any atom is 0.340 e. The van der Waals surface area contributed by atoms with Crippen LogP contribution in [0.4, 0.5) is 5.69 Å². The third-order valence-corrected chi connectivity index (χ3v) is 4.25. The number of carbonyl (C=O) groups is 1. The Morgan fingerprint density at radius 1 is 1.24 bits per heavy atom. The fraction of sp³-hybridized carbons (Fsp3) is 0.235. The molecule has 3 nitrogen and oxygen atoms in total. The number of rotatable bonds is 5. The summed E-state index contributed by atoms with van der Waals surface area (Å²) in [6, 6.07) is 14.2. The van der Waals surface area contributed by atoms with Crippen LogP contribution in [0.25, 0.3) is 0 Å². The van der Waals surface area contributed by atoms with Gasteiger partial charge in [0.1, 0.15) is 0 Å². The van der Waals surface area contributed by atoms with Gasteiger partial charge in [0.25, 0.3) is 0 Å². The lowest BCUT2D eigenvalue weighted by atomic mass is 10.1. The Hall–Kier alpha value is -1.94. The van der Waals surface area contributed by atoms with E-state index in [0.29, 0.717) is 11.3 Å². The van der Waals surface area contributed by atoms with Crippen LogP contribution in [0.1, 0.15) is 21.5 Å². The minimum absolute atomic E-state index is 0.388. The molecule has 110 valence electrons. The molecule has 4 heteroatoms. The summed E-state index contributed by atoms with van der Waals surface area (Å²) in [4.78, 5) is 12.8. The summed E-state index contributed by atoms with van der Waals surface area (Å²) in [6.07, 6.45) is 0.989. The number of hydrogen-bond donors (Lipinski definition) is 1. The highest BCUT2D eigenvalue weighted by Crippen LogP contribution is 2.27. The molecule has 0 atom stereocenters. The van der Waals surface area contributed by atoms with E-state index in [9.17, 15) is 4.79 Å². The van der Waals surface area contributed by atoms with Crippen molar-refractivity contribution in [2.45, 2.75) is 18.2 Å². The lowest BCUT2D eigenvalue weighted by Crippen LogP contribution is -2.07. The Balaban J connectivity index is 2.06. The third-order valence-electron chi connectivity index (χ3n) is 3.27. The molecule has 0 fully saturated rings. The Morgan fingerprint density at radius 3 is 2.62 bits per heavy atom. The van der Waals surface area contributed by atoms with E-state index in [0.717, 1.165) is 22.6 Å². The molecule has 0 aliphatic rings. The highest BCUT2D eigenvalue weighted by atomic mass is 32.2. The van der Waals surface area contributed by atoms with Gasteiger partial charge in [0, 0.05) is 16.3 Å². The SMILES string of the molecule is COC(=O)c1cc(SCCc2ccccc2)cc(C)c1N. The summed E-state index contributed by atoms with van der Waals surface area (Å²) in [7, 11) is 1.37. The van der Waals surface area contributed by atoms with E-state index in [4.69, 9.17) is 10.5 Å². The number of methoxy groups -OCH3 is 1. The summed E-state index contributed by atoms with van der Waals surface area (Å²) in [5.74, 6) is 0.565. The summed E-state index contributed by atoms with van der Waals surface area (Å²) in [5, 5.41) is 0. The van der Waals surface area contributed by atoms with E-state index in [1.165, 1.54) is 12.7 Å². The van der Waals surface area contributed by atoms with Crippen molar-refractivity contribution in [3.8, 4) is 0 Å². The van der Waals surface area contributed by atoms with Crippen molar-refractivity contribution in [2.75, 3.05) is 18.6 Å². The second-order valence-corrected chi connectivity index (χ2v) is 5.95. The van der Waals surface area contributed by atoms with Crippen molar-refractivity contribution in [3.05, 3.63) is 59.2 Å². The van der Waals surface area contributed by atoms with Crippen molar-refractivity contribution in [2.24, 2.45) is 0 Å². The van der Waals surface area contributed by atoms with Gasteiger partial charge >= 0.3 is 5.97 Å². The second kappa shape index (κ2) is 7.18. The average Bonchev–Trinajstić information content (AvgIpc) is 2.51. The van der Waals surface area contributed by atoms with E-state index >= 15 is 0 Å². The van der Waals surface area contributed by atoms with Gasteiger partial charge in [0.05, 0.1) is 12.7 Å². The summed E-state index contributed by atoms with van der Waals surface area (Å²) < 4.78 is 4.77. The lowest BCUT2D eigenvalue weighted by molar-refractivity contribution is 0.0601. The van der Waals surface area contributed by atoms with E-state index < -0.39 is 0 Å². The summed E-state index contributed by atoms with van der Waals surface area (Å²) in [6.45, 7) is 1.91. The molecule has 0 aromatic heterocycles. The van der Waals surface area contributed by atoms with Crippen LogP contribution in [0, 0.1) is 6.92 Å². The van der Waals surface area contributed by atoms with Gasteiger partial charge in [-0.1, -0.05) is 30.3 Å². The van der Waals surface area contributed by atoms with Crippen LogP contribution in [-0.4, -0.2) is 18.8 Å². The quantitative estimate of drug-likeness (QED) is 0.520. The molecule has 0 bridgehead atoms. The number of benzene rings is 2. The number of nitrogens with two attached hydrogens (primary N) is 1. The normalized spacial score (nSPS) is 10.4. The first-order valence-corrected chi connectivity index (χ1v) is 7.75. The maximum absolute atomic E-state index is 11.7. The van der Waals surface area contributed by atoms with E-state index in [-0.39, 0.29) is 5.97 Å². The first-order valence-electron chi connectivity index (χ1n) is 6.77. The number of carbonyl (C=O) groups excluding carboxylic acids is 1. The third kappa shape index (κ3) is 4.02. The van der Waals surface area contributed by atoms with Crippen molar-refractivity contribution < 1.29 is 9.53 Å². The van der Waals surface area contributed by atoms with E-state index in [1.54, 1.807) is 11.8 Å². The van der Waals surface area contributed by atoms with Crippen LogP contribution in [0.3, 0.4) is 0 Å². The number of hydrogen-bond acceptors (Lipinski definition) is 4. The van der Waals surface area contributed by atoms with Crippen molar-refractivity contribution in [3.63, 3.8) is 0 Å². The Bertz CT molecular complexity index is 626. The zero-order valence-corrected chi connectivity index (χ0v) is 13.1. The predicted octanol–water partition coefficient (Wildman–Crippen LogP) is 3.70. The van der Waals surface area contributed by atoms with Gasteiger partial charge in [-0.25, -0.2) is 4.79 Å². The molecule has 0 spiro atoms. The number of aryl methyl sites for hydroxylation is 2. The van der Waals surface area contributed by atoms with Gasteiger partial charge in [-0.3, -0.25) is 0 Å². The Morgan fingerprint density at radius 2 is 1.95 bits per heavy atom. The standard InChI is InChI=1S/C17H19NO2S/c1-12-10-14(11-15(16(12)18)17(19)20-2)21-9-8-13-6-4-3-5-7-13/h3-7,10-11H,8-9,18H2,1-2H3. The van der Waals surface area contributed by atoms with Crippen LogP contribution in [0.15, 0.2) is 47.4 Å². The average molecular weight is 301 g/mol. The monoisotopic (exact) mass is 301 g/mol. The van der Waals surface area contributed by atoms with Crippen LogP contribution >= 0.6 is 11.8 Å². The zero-order chi connectivity index (χ0) is 15.2. The minimum atomic E-state index is -0.388. The topological polar surface area (TPSA) is 52.3 Å². The number of thioether (sulfide) groups is 1. The summed E-state index contributed by atoms with van der Waals surface area (Å²) in [5.41, 5.74) is 9.09. The van der Waals surface area contributed by atoms with Gasteiger partial charge in [-0.15, -0.1) is 11.8 Å². The molecule has 2 aromatic rings. The van der Waals surface area contributed by atoms with Gasteiger partial charge in [-0.05, 0) is 36.6 Å². The first kappa shape index (κ1) is 15.4. The molecular weight excluding hydrogens is 282 g/mol. The maximum atomic E-state index is 11.7. The lowest BCUT2D eigenvalue weighted by Gasteiger charge is -2.10. The molecule has 21 heavy (non-hydrogen) atoms. The molecule has 0 radical (unpaired) electrons. The van der Waals surface area contributed by atoms with E-state index in [2.05, 4.69) is 12.1 Å². The first-order chi connectivity index (χ1) is 10.1. The molecule has 2 rings (SSSR count). The van der Waals surface area contributed by atoms with Crippen LogP contribution in [0.2, 0.25) is 0 Å². The van der Waals surface area contributed by atoms with Crippen molar-refractivity contribution in [1.29, 1.82) is 0 Å². The molecular formula is C17H19NO2S. The highest BCUT2D eigenvalue weighted by Gasteiger charge is 2.13. The molecule has 2 N–H and O–H groups in total. The predicted molar refractivity (Wildman–Crippen MR) is 87.8 cm³/mol. The van der Waals surface area contributed by atoms with Crippen molar-refractivity contribution in [1.82, 2.24) is 0 Å². The number of anilines is 1. The van der Waals surface area contributed by atoms with E-state index in [1.807, 2.05) is 37.3 Å². The van der Waals surface area contributed by atoms with Gasteiger partial charge in [0.15, 0.2) is 0 Å². The smallest absolute Gasteiger partial charge is 0.340 e. The number of nitrogen functional groups attached to an aromatic ring is 1. The largest absolute Gasteiger partial charge is 0.465 e. The molecule has 2 aromatic carbocycles. The highest BCUT2D eigenvalue weighted by molar-refractivity contribution is 7.99. The second-order valence-electron chi connectivity index (χ2n) is 4.78. The van der Waals surface area contributed by atoms with Gasteiger partial charge in [-0.2, -0.15) is 0 Å². The molecule has 0 aliphatic heterocycles. The molecule has 0 saturated carbocycles. The molecule has 0 amide bonds. The van der Waals surface area contributed by atoms with Gasteiger partial charge in [0.2, 0.25) is 0 Å². The number of esters is 1.